The molecule has 0 bridgehead atoms. The van der Waals surface area contributed by atoms with Crippen LogP contribution in [-0.4, -0.2) is 45.5 Å². The van der Waals surface area contributed by atoms with Crippen molar-refractivity contribution in [2.24, 2.45) is 10.1 Å². The van der Waals surface area contributed by atoms with E-state index in [1.54, 1.807) is 24.3 Å². The van der Waals surface area contributed by atoms with Gasteiger partial charge >= 0.3 is 0 Å². The molecule has 1 aliphatic rings. The van der Waals surface area contributed by atoms with Gasteiger partial charge in [0.25, 0.3) is 10.0 Å². The maximum Gasteiger partial charge on any atom is 0.285 e. The molecule has 1 aliphatic heterocycles. The SMILES string of the molecule is Cc1ccc(S(=O)(=O)/N=C(\N)N2CCN(c3ccccc3)CC2)cc1. The van der Waals surface area contributed by atoms with E-state index in [-0.39, 0.29) is 10.9 Å². The number of nitrogens with zero attached hydrogens (tertiary/aromatic N) is 3. The minimum atomic E-state index is -3.78. The Bertz CT molecular complexity index is 840. The van der Waals surface area contributed by atoms with Gasteiger partial charge in [-0.25, -0.2) is 0 Å². The molecule has 0 aliphatic carbocycles. The molecule has 0 unspecified atom stereocenters. The second-order valence-electron chi connectivity index (χ2n) is 6.05. The maximum absolute atomic E-state index is 12.4. The Hall–Kier alpha value is -2.54. The highest BCUT2D eigenvalue weighted by atomic mass is 32.2. The highest BCUT2D eigenvalue weighted by Gasteiger charge is 2.21. The van der Waals surface area contributed by atoms with E-state index in [1.165, 1.54) is 0 Å². The minimum absolute atomic E-state index is 0.0493. The summed E-state index contributed by atoms with van der Waals surface area (Å²) in [5, 5.41) is 0. The van der Waals surface area contributed by atoms with E-state index in [9.17, 15) is 8.42 Å². The van der Waals surface area contributed by atoms with Gasteiger partial charge in [-0.1, -0.05) is 35.9 Å². The number of nitrogens with two attached hydrogens (primary N) is 1. The summed E-state index contributed by atoms with van der Waals surface area (Å²) < 4.78 is 28.6. The number of hydrogen-bond acceptors (Lipinski definition) is 3. The van der Waals surface area contributed by atoms with E-state index in [4.69, 9.17) is 5.73 Å². The van der Waals surface area contributed by atoms with Gasteiger partial charge in [0.2, 0.25) is 5.96 Å². The largest absolute Gasteiger partial charge is 0.369 e. The second-order valence-corrected chi connectivity index (χ2v) is 7.65. The third-order valence-electron chi connectivity index (χ3n) is 4.26. The third-order valence-corrected chi connectivity index (χ3v) is 5.55. The molecule has 6 nitrogen and oxygen atoms in total. The Morgan fingerprint density at radius 2 is 1.56 bits per heavy atom. The molecule has 0 radical (unpaired) electrons. The molecule has 2 aromatic carbocycles. The van der Waals surface area contributed by atoms with Crippen molar-refractivity contribution in [3.8, 4) is 0 Å². The quantitative estimate of drug-likeness (QED) is 0.669. The highest BCUT2D eigenvalue weighted by Crippen LogP contribution is 2.17. The average molecular weight is 358 g/mol. The molecule has 1 heterocycles. The first-order chi connectivity index (χ1) is 12.0. The summed E-state index contributed by atoms with van der Waals surface area (Å²) in [5.41, 5.74) is 8.11. The second kappa shape index (κ2) is 7.14. The molecule has 0 saturated carbocycles. The normalized spacial score (nSPS) is 16.1. The lowest BCUT2D eigenvalue weighted by Crippen LogP contribution is -2.51. The van der Waals surface area contributed by atoms with Crippen molar-refractivity contribution in [3.63, 3.8) is 0 Å². The summed E-state index contributed by atoms with van der Waals surface area (Å²) in [5.74, 6) is 0.0493. The van der Waals surface area contributed by atoms with Crippen molar-refractivity contribution in [3.05, 3.63) is 60.2 Å². The molecule has 1 saturated heterocycles. The van der Waals surface area contributed by atoms with Crippen LogP contribution in [0.25, 0.3) is 0 Å². The average Bonchev–Trinajstić information content (AvgIpc) is 2.62. The van der Waals surface area contributed by atoms with Gasteiger partial charge in [0.1, 0.15) is 0 Å². The number of aryl methyl sites for hydroxylation is 1. The zero-order valence-electron chi connectivity index (χ0n) is 14.2. The van der Waals surface area contributed by atoms with Crippen molar-refractivity contribution in [2.75, 3.05) is 31.1 Å². The number of para-hydroxylation sites is 1. The van der Waals surface area contributed by atoms with Crippen molar-refractivity contribution in [1.82, 2.24) is 4.90 Å². The first-order valence-corrected chi connectivity index (χ1v) is 9.62. The topological polar surface area (TPSA) is 79.0 Å². The van der Waals surface area contributed by atoms with Gasteiger partial charge in [0.15, 0.2) is 0 Å². The smallest absolute Gasteiger partial charge is 0.285 e. The minimum Gasteiger partial charge on any atom is -0.369 e. The number of sulfonamides is 1. The summed E-state index contributed by atoms with van der Waals surface area (Å²) in [4.78, 5) is 4.22. The molecule has 0 spiro atoms. The van der Waals surface area contributed by atoms with Crippen LogP contribution in [0.4, 0.5) is 5.69 Å². The van der Waals surface area contributed by atoms with E-state index in [1.807, 2.05) is 30.0 Å². The van der Waals surface area contributed by atoms with Crippen LogP contribution in [0, 0.1) is 6.92 Å². The lowest BCUT2D eigenvalue weighted by atomic mass is 10.2. The van der Waals surface area contributed by atoms with Crippen LogP contribution in [-0.2, 0) is 10.0 Å². The molecule has 1 fully saturated rings. The Morgan fingerprint density at radius 1 is 0.960 bits per heavy atom. The van der Waals surface area contributed by atoms with Gasteiger partial charge < -0.3 is 15.5 Å². The highest BCUT2D eigenvalue weighted by molar-refractivity contribution is 7.90. The van der Waals surface area contributed by atoms with Crippen LogP contribution < -0.4 is 10.6 Å². The molecule has 0 amide bonds. The zero-order chi connectivity index (χ0) is 17.9. The first kappa shape index (κ1) is 17.3. The van der Waals surface area contributed by atoms with Crippen LogP contribution in [0.15, 0.2) is 63.9 Å². The van der Waals surface area contributed by atoms with Crippen LogP contribution >= 0.6 is 0 Å². The van der Waals surface area contributed by atoms with Crippen LogP contribution in [0.1, 0.15) is 5.56 Å². The fraction of sp³-hybridized carbons (Fsp3) is 0.278. The fourth-order valence-electron chi connectivity index (χ4n) is 2.78. The number of anilines is 1. The maximum atomic E-state index is 12.4. The third kappa shape index (κ3) is 4.11. The van der Waals surface area contributed by atoms with Gasteiger partial charge in [-0.2, -0.15) is 8.42 Å². The summed E-state index contributed by atoms with van der Waals surface area (Å²) in [7, 11) is -3.78. The fourth-order valence-corrected chi connectivity index (χ4v) is 3.72. The molecule has 2 aromatic rings. The predicted octanol–water partition coefficient (Wildman–Crippen LogP) is 1.82. The van der Waals surface area contributed by atoms with Gasteiger partial charge in [-0.3, -0.25) is 0 Å². The summed E-state index contributed by atoms with van der Waals surface area (Å²) in [6, 6.07) is 16.7. The number of piperazine rings is 1. The molecular formula is C18H22N4O2S. The molecule has 7 heteroatoms. The molecule has 132 valence electrons. The monoisotopic (exact) mass is 358 g/mol. The van der Waals surface area contributed by atoms with E-state index < -0.39 is 10.0 Å². The lowest BCUT2D eigenvalue weighted by molar-refractivity contribution is 0.382. The summed E-state index contributed by atoms with van der Waals surface area (Å²) in [6.45, 7) is 4.71. The van der Waals surface area contributed by atoms with Crippen LogP contribution in [0.3, 0.4) is 0 Å². The van der Waals surface area contributed by atoms with Gasteiger partial charge in [0, 0.05) is 31.9 Å². The van der Waals surface area contributed by atoms with Gasteiger partial charge in [0.05, 0.1) is 4.90 Å². The molecule has 3 rings (SSSR count). The van der Waals surface area contributed by atoms with Crippen LogP contribution in [0.5, 0.6) is 0 Å². The molecule has 0 atom stereocenters. The Kier molecular flexibility index (Phi) is 4.94. The standard InChI is InChI=1S/C18H22N4O2S/c1-15-7-9-17(10-8-15)25(23,24)20-18(19)22-13-11-21(12-14-22)16-5-3-2-4-6-16/h2-10H,11-14H2,1H3,(H2,19,20). The van der Waals surface area contributed by atoms with E-state index in [0.717, 1.165) is 24.3 Å². The molecular weight excluding hydrogens is 336 g/mol. The van der Waals surface area contributed by atoms with Crippen molar-refractivity contribution in [1.29, 1.82) is 0 Å². The van der Waals surface area contributed by atoms with E-state index in [0.29, 0.717) is 13.1 Å². The van der Waals surface area contributed by atoms with E-state index >= 15 is 0 Å². The van der Waals surface area contributed by atoms with E-state index in [2.05, 4.69) is 21.4 Å². The Balaban J connectivity index is 1.68. The summed E-state index contributed by atoms with van der Waals surface area (Å²) in [6.07, 6.45) is 0. The number of guanidine groups is 1. The number of benzene rings is 2. The molecule has 2 N–H and O–H groups in total. The molecule has 0 aromatic heterocycles. The lowest BCUT2D eigenvalue weighted by Gasteiger charge is -2.36. The van der Waals surface area contributed by atoms with Crippen LogP contribution in [0.2, 0.25) is 0 Å². The Labute approximate surface area is 148 Å². The first-order valence-electron chi connectivity index (χ1n) is 8.18. The number of rotatable bonds is 3. The number of hydrogen-bond donors (Lipinski definition) is 1. The van der Waals surface area contributed by atoms with Crippen molar-refractivity contribution >= 4 is 21.7 Å². The molecule has 25 heavy (non-hydrogen) atoms. The van der Waals surface area contributed by atoms with Crippen molar-refractivity contribution < 1.29 is 8.42 Å². The Morgan fingerprint density at radius 3 is 2.16 bits per heavy atom. The predicted molar refractivity (Wildman–Crippen MR) is 100 cm³/mol. The van der Waals surface area contributed by atoms with Crippen molar-refractivity contribution in [2.45, 2.75) is 11.8 Å². The zero-order valence-corrected chi connectivity index (χ0v) is 15.0. The van der Waals surface area contributed by atoms with Gasteiger partial charge in [-0.15, -0.1) is 4.40 Å². The summed E-state index contributed by atoms with van der Waals surface area (Å²) >= 11 is 0. The van der Waals surface area contributed by atoms with Gasteiger partial charge in [-0.05, 0) is 31.2 Å².